The van der Waals surface area contributed by atoms with Crippen molar-refractivity contribution in [2.45, 2.75) is 25.7 Å². The number of hydrogen-bond donors (Lipinski definition) is 1. The maximum atomic E-state index is 11.0. The minimum atomic E-state index is -0.408. The summed E-state index contributed by atoms with van der Waals surface area (Å²) in [6.07, 6.45) is 1.56. The van der Waals surface area contributed by atoms with Gasteiger partial charge in [-0.3, -0.25) is 4.79 Å². The molecule has 0 aliphatic carbocycles. The first kappa shape index (κ1) is 12.1. The molecule has 1 atom stereocenters. The molecular weight excluding hydrogens is 170 g/mol. The van der Waals surface area contributed by atoms with E-state index in [-0.39, 0.29) is 11.9 Å². The predicted molar refractivity (Wildman–Crippen MR) is 50.2 cm³/mol. The third-order valence-electron chi connectivity index (χ3n) is 1.75. The Morgan fingerprint density at radius 2 is 2.08 bits per heavy atom. The summed E-state index contributed by atoms with van der Waals surface area (Å²) in [5.74, 6) is -0.217. The van der Waals surface area contributed by atoms with Crippen LogP contribution in [0.2, 0.25) is 0 Å². The van der Waals surface area contributed by atoms with Gasteiger partial charge in [-0.2, -0.15) is 0 Å². The zero-order valence-corrected chi connectivity index (χ0v) is 8.37. The molecule has 1 N–H and O–H groups in total. The van der Waals surface area contributed by atoms with Gasteiger partial charge < -0.3 is 14.8 Å². The molecule has 0 rings (SSSR count). The second kappa shape index (κ2) is 6.62. The smallest absolute Gasteiger partial charge is 0.243 e. The lowest BCUT2D eigenvalue weighted by Crippen LogP contribution is -2.44. The van der Waals surface area contributed by atoms with Crippen molar-refractivity contribution in [1.82, 2.24) is 5.32 Å². The van der Waals surface area contributed by atoms with Crippen molar-refractivity contribution in [3.63, 3.8) is 0 Å². The molecule has 0 aromatic carbocycles. The molecule has 1 amide bonds. The minimum absolute atomic E-state index is 0.138. The highest BCUT2D eigenvalue weighted by molar-refractivity contribution is 5.87. The fourth-order valence-electron chi connectivity index (χ4n) is 1.03. The Kier molecular flexibility index (Phi) is 6.18. The summed E-state index contributed by atoms with van der Waals surface area (Å²) in [6, 6.07) is -0.138. The minimum Gasteiger partial charge on any atom is -0.354 e. The number of rotatable bonds is 6. The van der Waals surface area contributed by atoms with Crippen LogP contribution in [0.4, 0.5) is 0 Å². The van der Waals surface area contributed by atoms with E-state index in [1.165, 1.54) is 20.3 Å². The van der Waals surface area contributed by atoms with Gasteiger partial charge in [-0.15, -0.1) is 0 Å². The predicted octanol–water partition coefficient (Wildman–Crippen LogP) is 0.686. The molecule has 0 aliphatic heterocycles. The number of hydrogen-bond acceptors (Lipinski definition) is 3. The van der Waals surface area contributed by atoms with Crippen LogP contribution in [0.5, 0.6) is 0 Å². The van der Waals surface area contributed by atoms with E-state index in [1.807, 2.05) is 6.92 Å². The van der Waals surface area contributed by atoms with Crippen LogP contribution in [-0.4, -0.2) is 32.5 Å². The summed E-state index contributed by atoms with van der Waals surface area (Å²) in [4.78, 5) is 11.0. The fraction of sp³-hybridized carbons (Fsp3) is 0.667. The van der Waals surface area contributed by atoms with E-state index in [1.54, 1.807) is 0 Å². The Hall–Kier alpha value is -0.870. The highest BCUT2D eigenvalue weighted by atomic mass is 16.7. The van der Waals surface area contributed by atoms with Crippen molar-refractivity contribution in [2.24, 2.45) is 0 Å². The number of ether oxygens (including phenoxy) is 2. The van der Waals surface area contributed by atoms with E-state index < -0.39 is 6.29 Å². The van der Waals surface area contributed by atoms with E-state index in [0.717, 1.165) is 6.42 Å². The van der Waals surface area contributed by atoms with Crippen LogP contribution >= 0.6 is 0 Å². The molecule has 0 radical (unpaired) electrons. The normalized spacial score (nSPS) is 12.6. The molecule has 0 aromatic rings. The standard InChI is InChI=1S/C9H17NO3/c1-5-7(9(12-3)13-4)10-8(11)6-2/h6-7,9H,2,5H2,1,3-4H3,(H,10,11). The van der Waals surface area contributed by atoms with Gasteiger partial charge in [-0.25, -0.2) is 0 Å². The van der Waals surface area contributed by atoms with Crippen LogP contribution < -0.4 is 5.32 Å². The molecular formula is C9H17NO3. The lowest BCUT2D eigenvalue weighted by Gasteiger charge is -2.23. The van der Waals surface area contributed by atoms with Crippen molar-refractivity contribution in [2.75, 3.05) is 14.2 Å². The molecule has 0 aliphatic rings. The summed E-state index contributed by atoms with van der Waals surface area (Å²) in [5.41, 5.74) is 0. The van der Waals surface area contributed by atoms with Crippen molar-refractivity contribution < 1.29 is 14.3 Å². The Morgan fingerprint density at radius 1 is 1.54 bits per heavy atom. The lowest BCUT2D eigenvalue weighted by atomic mass is 10.2. The molecule has 4 nitrogen and oxygen atoms in total. The van der Waals surface area contributed by atoms with E-state index in [2.05, 4.69) is 11.9 Å². The Labute approximate surface area is 78.9 Å². The van der Waals surface area contributed by atoms with Gasteiger partial charge in [0.05, 0.1) is 6.04 Å². The van der Waals surface area contributed by atoms with Gasteiger partial charge in [0.15, 0.2) is 6.29 Å². The molecule has 13 heavy (non-hydrogen) atoms. The van der Waals surface area contributed by atoms with Crippen molar-refractivity contribution in [3.05, 3.63) is 12.7 Å². The largest absolute Gasteiger partial charge is 0.354 e. The lowest BCUT2D eigenvalue weighted by molar-refractivity contribution is -0.135. The van der Waals surface area contributed by atoms with Crippen molar-refractivity contribution >= 4 is 5.91 Å². The van der Waals surface area contributed by atoms with E-state index >= 15 is 0 Å². The van der Waals surface area contributed by atoms with Gasteiger partial charge in [0, 0.05) is 14.2 Å². The summed E-state index contributed by atoms with van der Waals surface area (Å²) in [6.45, 7) is 5.31. The Morgan fingerprint density at radius 3 is 2.38 bits per heavy atom. The first-order valence-electron chi connectivity index (χ1n) is 4.18. The van der Waals surface area contributed by atoms with Crippen LogP contribution in [0.15, 0.2) is 12.7 Å². The number of carbonyl (C=O) groups is 1. The van der Waals surface area contributed by atoms with Crippen LogP contribution in [0.3, 0.4) is 0 Å². The molecule has 0 fully saturated rings. The summed E-state index contributed by atoms with van der Waals surface area (Å²) < 4.78 is 10.1. The molecule has 0 saturated heterocycles. The molecule has 4 heteroatoms. The molecule has 0 aromatic heterocycles. The SMILES string of the molecule is C=CC(=O)NC(CC)C(OC)OC. The highest BCUT2D eigenvalue weighted by Crippen LogP contribution is 2.03. The van der Waals surface area contributed by atoms with E-state index in [9.17, 15) is 4.79 Å². The maximum Gasteiger partial charge on any atom is 0.243 e. The zero-order valence-electron chi connectivity index (χ0n) is 8.37. The quantitative estimate of drug-likeness (QED) is 0.491. The van der Waals surface area contributed by atoms with Crippen molar-refractivity contribution in [3.8, 4) is 0 Å². The summed E-state index contributed by atoms with van der Waals surface area (Å²) in [5, 5.41) is 2.71. The zero-order chi connectivity index (χ0) is 10.3. The summed E-state index contributed by atoms with van der Waals surface area (Å²) >= 11 is 0. The number of amides is 1. The first-order valence-corrected chi connectivity index (χ1v) is 4.18. The average Bonchev–Trinajstić information content (AvgIpc) is 2.17. The average molecular weight is 187 g/mol. The molecule has 0 bridgehead atoms. The van der Waals surface area contributed by atoms with Gasteiger partial charge in [0.1, 0.15) is 0 Å². The maximum absolute atomic E-state index is 11.0. The van der Waals surface area contributed by atoms with Gasteiger partial charge in [0.25, 0.3) is 0 Å². The van der Waals surface area contributed by atoms with Gasteiger partial charge in [0.2, 0.25) is 5.91 Å². The second-order valence-electron chi connectivity index (χ2n) is 2.57. The van der Waals surface area contributed by atoms with Crippen LogP contribution in [0, 0.1) is 0 Å². The van der Waals surface area contributed by atoms with Crippen LogP contribution in [0.1, 0.15) is 13.3 Å². The summed E-state index contributed by atoms with van der Waals surface area (Å²) in [7, 11) is 3.08. The third kappa shape index (κ3) is 4.05. The van der Waals surface area contributed by atoms with Crippen LogP contribution in [-0.2, 0) is 14.3 Å². The van der Waals surface area contributed by atoms with Gasteiger partial charge >= 0.3 is 0 Å². The monoisotopic (exact) mass is 187 g/mol. The van der Waals surface area contributed by atoms with E-state index in [4.69, 9.17) is 9.47 Å². The number of carbonyl (C=O) groups excluding carboxylic acids is 1. The molecule has 0 saturated carbocycles. The van der Waals surface area contributed by atoms with Crippen molar-refractivity contribution in [1.29, 1.82) is 0 Å². The highest BCUT2D eigenvalue weighted by Gasteiger charge is 2.19. The fourth-order valence-corrected chi connectivity index (χ4v) is 1.03. The topological polar surface area (TPSA) is 47.6 Å². The molecule has 0 heterocycles. The van der Waals surface area contributed by atoms with E-state index in [0.29, 0.717) is 0 Å². The van der Waals surface area contributed by atoms with Gasteiger partial charge in [-0.1, -0.05) is 13.5 Å². The second-order valence-corrected chi connectivity index (χ2v) is 2.57. The number of nitrogens with one attached hydrogen (secondary N) is 1. The Balaban J connectivity index is 4.14. The number of methoxy groups -OCH3 is 2. The molecule has 1 unspecified atom stereocenters. The molecule has 76 valence electrons. The Bertz CT molecular complexity index is 166. The molecule has 0 spiro atoms. The third-order valence-corrected chi connectivity index (χ3v) is 1.75. The first-order chi connectivity index (χ1) is 6.19. The van der Waals surface area contributed by atoms with Gasteiger partial charge in [-0.05, 0) is 12.5 Å². The van der Waals surface area contributed by atoms with Crippen LogP contribution in [0.25, 0.3) is 0 Å².